The van der Waals surface area contributed by atoms with Crippen LogP contribution in [0, 0.1) is 10.1 Å². The van der Waals surface area contributed by atoms with Gasteiger partial charge in [-0.25, -0.2) is 4.79 Å². The SMILES string of the molecule is O=C(OCC(NC(=O)C(Cl)Cl)C(O)c1ccc([N+](=O)[O-])cc1)c1ccccc1O. The molecule has 0 bridgehead atoms. The number of aliphatic hydroxyl groups is 1. The molecule has 29 heavy (non-hydrogen) atoms. The summed E-state index contributed by atoms with van der Waals surface area (Å²) in [6.07, 6.45) is -1.40. The number of carbonyl (C=O) groups excluding carboxylic acids is 2. The van der Waals surface area contributed by atoms with Crippen LogP contribution in [-0.4, -0.2) is 44.5 Å². The first-order chi connectivity index (χ1) is 13.7. The van der Waals surface area contributed by atoms with Crippen LogP contribution in [0.5, 0.6) is 5.75 Å². The van der Waals surface area contributed by atoms with Gasteiger partial charge in [0.15, 0.2) is 4.84 Å². The number of nitro benzene ring substituents is 1. The molecule has 0 radical (unpaired) electrons. The minimum atomic E-state index is -1.43. The molecule has 0 aliphatic heterocycles. The minimum Gasteiger partial charge on any atom is -0.507 e. The molecule has 2 aromatic carbocycles. The number of aromatic hydroxyl groups is 1. The van der Waals surface area contributed by atoms with Gasteiger partial charge in [0.25, 0.3) is 11.6 Å². The molecule has 2 atom stereocenters. The predicted octanol–water partition coefficient (Wildman–Crippen LogP) is 2.48. The van der Waals surface area contributed by atoms with Gasteiger partial charge in [-0.05, 0) is 29.8 Å². The van der Waals surface area contributed by atoms with E-state index in [-0.39, 0.29) is 22.6 Å². The third-order valence-corrected chi connectivity index (χ3v) is 4.27. The van der Waals surface area contributed by atoms with Crippen molar-refractivity contribution in [2.45, 2.75) is 17.0 Å². The van der Waals surface area contributed by atoms with Crippen molar-refractivity contribution < 1.29 is 29.5 Å². The molecule has 0 saturated carbocycles. The van der Waals surface area contributed by atoms with E-state index in [0.29, 0.717) is 0 Å². The lowest BCUT2D eigenvalue weighted by Crippen LogP contribution is -2.45. The summed E-state index contributed by atoms with van der Waals surface area (Å²) in [7, 11) is 0. The highest BCUT2D eigenvalue weighted by molar-refractivity contribution is 6.53. The van der Waals surface area contributed by atoms with Crippen LogP contribution >= 0.6 is 23.2 Å². The number of halogens is 2. The first-order valence-electron chi connectivity index (χ1n) is 8.16. The summed E-state index contributed by atoms with van der Waals surface area (Å²) in [6, 6.07) is 9.46. The second-order valence-corrected chi connectivity index (χ2v) is 6.92. The normalized spacial score (nSPS) is 12.8. The maximum Gasteiger partial charge on any atom is 0.341 e. The van der Waals surface area contributed by atoms with E-state index in [4.69, 9.17) is 27.9 Å². The number of nitro groups is 1. The zero-order chi connectivity index (χ0) is 21.6. The lowest BCUT2D eigenvalue weighted by Gasteiger charge is -2.24. The van der Waals surface area contributed by atoms with E-state index < -0.39 is 40.4 Å². The van der Waals surface area contributed by atoms with Crippen LogP contribution in [0.15, 0.2) is 48.5 Å². The van der Waals surface area contributed by atoms with Crippen molar-refractivity contribution >= 4 is 40.8 Å². The van der Waals surface area contributed by atoms with Gasteiger partial charge < -0.3 is 20.3 Å². The molecule has 9 nitrogen and oxygen atoms in total. The van der Waals surface area contributed by atoms with Gasteiger partial charge in [-0.1, -0.05) is 35.3 Å². The number of benzene rings is 2. The molecule has 1 amide bonds. The molecule has 0 aromatic heterocycles. The average Bonchev–Trinajstić information content (AvgIpc) is 2.70. The number of phenols is 1. The third kappa shape index (κ3) is 6.05. The summed E-state index contributed by atoms with van der Waals surface area (Å²) >= 11 is 11.0. The molecule has 2 aromatic rings. The Morgan fingerprint density at radius 3 is 2.31 bits per heavy atom. The molecule has 0 saturated heterocycles. The van der Waals surface area contributed by atoms with E-state index in [1.807, 2.05) is 0 Å². The van der Waals surface area contributed by atoms with E-state index in [0.717, 1.165) is 0 Å². The minimum absolute atomic E-state index is 0.102. The number of hydrogen-bond donors (Lipinski definition) is 3. The zero-order valence-corrected chi connectivity index (χ0v) is 16.2. The van der Waals surface area contributed by atoms with Gasteiger partial charge in [0, 0.05) is 12.1 Å². The number of ether oxygens (including phenoxy) is 1. The molecular formula is C18H16Cl2N2O7. The Balaban J connectivity index is 2.17. The highest BCUT2D eigenvalue weighted by atomic mass is 35.5. The summed E-state index contributed by atoms with van der Waals surface area (Å²) in [5.41, 5.74) is -0.0655. The molecule has 2 rings (SSSR count). The van der Waals surface area contributed by atoms with Gasteiger partial charge in [0.05, 0.1) is 11.0 Å². The van der Waals surface area contributed by atoms with Crippen molar-refractivity contribution in [1.82, 2.24) is 5.32 Å². The number of esters is 1. The van der Waals surface area contributed by atoms with Gasteiger partial charge in [-0.15, -0.1) is 0 Å². The Hall–Kier alpha value is -2.88. The van der Waals surface area contributed by atoms with Crippen LogP contribution in [0.25, 0.3) is 0 Å². The van der Waals surface area contributed by atoms with E-state index in [1.165, 1.54) is 48.5 Å². The van der Waals surface area contributed by atoms with Crippen molar-refractivity contribution in [3.8, 4) is 5.75 Å². The van der Waals surface area contributed by atoms with Gasteiger partial charge in [-0.2, -0.15) is 0 Å². The predicted molar refractivity (Wildman–Crippen MR) is 104 cm³/mol. The molecule has 0 fully saturated rings. The first kappa shape index (κ1) is 22.4. The number of carbonyl (C=O) groups is 2. The van der Waals surface area contributed by atoms with Gasteiger partial charge in [-0.3, -0.25) is 14.9 Å². The van der Waals surface area contributed by atoms with E-state index >= 15 is 0 Å². The average molecular weight is 443 g/mol. The van der Waals surface area contributed by atoms with Crippen LogP contribution in [0.3, 0.4) is 0 Å². The van der Waals surface area contributed by atoms with Gasteiger partial charge in [0.1, 0.15) is 24.0 Å². The standard InChI is InChI=1S/C18H16Cl2N2O7/c19-16(20)17(25)21-13(9-29-18(26)12-3-1-2-4-14(12)23)15(24)10-5-7-11(8-6-10)22(27)28/h1-8,13,15-16,23-24H,9H2,(H,21,25). The highest BCUT2D eigenvalue weighted by Crippen LogP contribution is 2.22. The number of amides is 1. The van der Waals surface area contributed by atoms with Crippen LogP contribution in [0.1, 0.15) is 22.0 Å². The molecule has 3 N–H and O–H groups in total. The van der Waals surface area contributed by atoms with Gasteiger partial charge >= 0.3 is 5.97 Å². The smallest absolute Gasteiger partial charge is 0.341 e. The van der Waals surface area contributed by atoms with Gasteiger partial charge in [0.2, 0.25) is 0 Å². The van der Waals surface area contributed by atoms with Crippen molar-refractivity contribution in [2.24, 2.45) is 0 Å². The topological polar surface area (TPSA) is 139 Å². The lowest BCUT2D eigenvalue weighted by atomic mass is 10.0. The number of non-ortho nitro benzene ring substituents is 1. The molecule has 0 spiro atoms. The lowest BCUT2D eigenvalue weighted by molar-refractivity contribution is -0.384. The second-order valence-electron chi connectivity index (χ2n) is 5.82. The number of aliphatic hydroxyl groups excluding tert-OH is 1. The number of rotatable bonds is 8. The van der Waals surface area contributed by atoms with Crippen molar-refractivity contribution in [2.75, 3.05) is 6.61 Å². The first-order valence-corrected chi connectivity index (χ1v) is 9.04. The Labute approximate surface area is 175 Å². The molecule has 0 aliphatic rings. The van der Waals surface area contributed by atoms with E-state index in [9.17, 15) is 29.9 Å². The van der Waals surface area contributed by atoms with Crippen LogP contribution in [0.4, 0.5) is 5.69 Å². The Morgan fingerprint density at radius 2 is 1.76 bits per heavy atom. The van der Waals surface area contributed by atoms with E-state index in [2.05, 4.69) is 5.32 Å². The van der Waals surface area contributed by atoms with Crippen LogP contribution < -0.4 is 5.32 Å². The highest BCUT2D eigenvalue weighted by Gasteiger charge is 2.27. The Bertz CT molecular complexity index is 890. The Kier molecular flexibility index (Phi) is 7.77. The molecule has 0 heterocycles. The van der Waals surface area contributed by atoms with Crippen LogP contribution in [0.2, 0.25) is 0 Å². The number of para-hydroxylation sites is 1. The fraction of sp³-hybridized carbons (Fsp3) is 0.222. The van der Waals surface area contributed by atoms with Crippen molar-refractivity contribution in [3.05, 3.63) is 69.8 Å². The second kappa shape index (κ2) is 10.1. The van der Waals surface area contributed by atoms with Crippen molar-refractivity contribution in [3.63, 3.8) is 0 Å². The number of nitrogens with zero attached hydrogens (tertiary/aromatic N) is 1. The third-order valence-electron chi connectivity index (χ3n) is 3.87. The largest absolute Gasteiger partial charge is 0.507 e. The summed E-state index contributed by atoms with van der Waals surface area (Å²) in [5.74, 6) is -2.01. The number of phenolic OH excluding ortho intramolecular Hbond substituents is 1. The van der Waals surface area contributed by atoms with Crippen molar-refractivity contribution in [1.29, 1.82) is 0 Å². The zero-order valence-electron chi connectivity index (χ0n) is 14.7. The number of nitrogens with one attached hydrogen (secondary N) is 1. The number of alkyl halides is 2. The maximum atomic E-state index is 12.2. The fourth-order valence-electron chi connectivity index (χ4n) is 2.37. The monoisotopic (exact) mass is 442 g/mol. The maximum absolute atomic E-state index is 12.2. The molecular weight excluding hydrogens is 427 g/mol. The number of hydrogen-bond acceptors (Lipinski definition) is 7. The van der Waals surface area contributed by atoms with Crippen LogP contribution in [-0.2, 0) is 9.53 Å². The molecule has 154 valence electrons. The summed E-state index contributed by atoms with van der Waals surface area (Å²) in [5, 5.41) is 33.4. The fourth-order valence-corrected chi connectivity index (χ4v) is 2.50. The quantitative estimate of drug-likeness (QED) is 0.247. The molecule has 11 heteroatoms. The molecule has 0 aliphatic carbocycles. The molecule has 2 unspecified atom stereocenters. The summed E-state index contributed by atoms with van der Waals surface area (Å²) < 4.78 is 5.09. The Morgan fingerprint density at radius 1 is 1.14 bits per heavy atom. The summed E-state index contributed by atoms with van der Waals surface area (Å²) in [6.45, 7) is -0.489. The van der Waals surface area contributed by atoms with E-state index in [1.54, 1.807) is 0 Å². The summed E-state index contributed by atoms with van der Waals surface area (Å²) in [4.78, 5) is 32.7.